The van der Waals surface area contributed by atoms with Crippen LogP contribution in [-0.4, -0.2) is 74.1 Å². The molecule has 0 saturated carbocycles. The summed E-state index contributed by atoms with van der Waals surface area (Å²) in [5.74, 6) is -0.123. The summed E-state index contributed by atoms with van der Waals surface area (Å²) in [7, 11) is 0. The molecule has 2 amide bonds. The molecule has 0 bridgehead atoms. The molecule has 1 atom stereocenters. The Balaban J connectivity index is 1.38. The molecular weight excluding hydrogens is 318 g/mol. The highest BCUT2D eigenvalue weighted by atomic mass is 16.5. The molecule has 1 aromatic carbocycles. The molecule has 2 aliphatic rings. The van der Waals surface area contributed by atoms with Crippen molar-refractivity contribution in [1.29, 1.82) is 0 Å². The van der Waals surface area contributed by atoms with Gasteiger partial charge in [-0.3, -0.25) is 14.5 Å². The number of nitrogens with zero attached hydrogens (tertiary/aromatic N) is 2. The van der Waals surface area contributed by atoms with Crippen molar-refractivity contribution in [3.8, 4) is 0 Å². The summed E-state index contributed by atoms with van der Waals surface area (Å²) in [5.41, 5.74) is 1.21. The van der Waals surface area contributed by atoms with Gasteiger partial charge in [0.1, 0.15) is 0 Å². The van der Waals surface area contributed by atoms with E-state index < -0.39 is 0 Å². The van der Waals surface area contributed by atoms with Crippen molar-refractivity contribution in [2.24, 2.45) is 5.92 Å². The normalized spacial score (nSPS) is 21.5. The average Bonchev–Trinajstić information content (AvgIpc) is 3.02. The molecule has 6 heteroatoms. The molecule has 0 aliphatic carbocycles. The van der Waals surface area contributed by atoms with Crippen LogP contribution in [0.2, 0.25) is 0 Å². The lowest BCUT2D eigenvalue weighted by atomic mass is 10.1. The minimum atomic E-state index is -0.215. The number of amides is 2. The average molecular weight is 345 g/mol. The first kappa shape index (κ1) is 17.9. The zero-order chi connectivity index (χ0) is 17.5. The highest BCUT2D eigenvalue weighted by Crippen LogP contribution is 2.18. The van der Waals surface area contributed by atoms with Crippen molar-refractivity contribution in [2.75, 3.05) is 52.5 Å². The fraction of sp³-hybridized carbons (Fsp3) is 0.579. The van der Waals surface area contributed by atoms with Gasteiger partial charge in [-0.15, -0.1) is 0 Å². The highest BCUT2D eigenvalue weighted by Gasteiger charge is 2.34. The number of ether oxygens (including phenoxy) is 1. The van der Waals surface area contributed by atoms with Crippen LogP contribution in [0, 0.1) is 5.92 Å². The van der Waals surface area contributed by atoms with Gasteiger partial charge < -0.3 is 15.0 Å². The van der Waals surface area contributed by atoms with E-state index in [-0.39, 0.29) is 17.7 Å². The van der Waals surface area contributed by atoms with Gasteiger partial charge in [0.05, 0.1) is 19.1 Å². The van der Waals surface area contributed by atoms with Crippen LogP contribution in [0.3, 0.4) is 0 Å². The van der Waals surface area contributed by atoms with Crippen LogP contribution < -0.4 is 5.32 Å². The maximum atomic E-state index is 12.3. The van der Waals surface area contributed by atoms with Crippen molar-refractivity contribution in [1.82, 2.24) is 15.1 Å². The predicted molar refractivity (Wildman–Crippen MR) is 95.1 cm³/mol. The van der Waals surface area contributed by atoms with Crippen LogP contribution >= 0.6 is 0 Å². The van der Waals surface area contributed by atoms with Gasteiger partial charge in [0.25, 0.3) is 0 Å². The zero-order valence-electron chi connectivity index (χ0n) is 14.7. The topological polar surface area (TPSA) is 61.9 Å². The summed E-state index contributed by atoms with van der Waals surface area (Å²) in [5, 5.41) is 2.97. The molecule has 136 valence electrons. The number of carbonyl (C=O) groups excluding carboxylic acids is 2. The lowest BCUT2D eigenvalue weighted by Gasteiger charge is -2.28. The molecule has 6 nitrogen and oxygen atoms in total. The van der Waals surface area contributed by atoms with Gasteiger partial charge in [0.2, 0.25) is 11.8 Å². The molecule has 1 N–H and O–H groups in total. The largest absolute Gasteiger partial charge is 0.379 e. The standard InChI is InChI=1S/C19H27N3O3/c23-18-14-17(15-22(18)9-8-21-10-12-25-13-11-21)19(24)20-7-6-16-4-2-1-3-5-16/h1-5,17H,6-15H2,(H,20,24). The van der Waals surface area contributed by atoms with Crippen LogP contribution in [0.25, 0.3) is 0 Å². The molecular formula is C19H27N3O3. The SMILES string of the molecule is O=C(NCCc1ccccc1)C1CC(=O)N(CCN2CCOCC2)C1. The van der Waals surface area contributed by atoms with Gasteiger partial charge in [-0.2, -0.15) is 0 Å². The number of morpholine rings is 1. The van der Waals surface area contributed by atoms with E-state index in [9.17, 15) is 9.59 Å². The second-order valence-corrected chi connectivity index (χ2v) is 6.72. The number of benzene rings is 1. The third-order valence-electron chi connectivity index (χ3n) is 4.93. The number of hydrogen-bond acceptors (Lipinski definition) is 4. The second kappa shape index (κ2) is 8.97. The molecule has 2 fully saturated rings. The Labute approximate surface area is 149 Å². The quantitative estimate of drug-likeness (QED) is 0.783. The van der Waals surface area contributed by atoms with Crippen molar-refractivity contribution in [3.63, 3.8) is 0 Å². The monoisotopic (exact) mass is 345 g/mol. The van der Waals surface area contributed by atoms with E-state index in [1.165, 1.54) is 5.56 Å². The summed E-state index contributed by atoms with van der Waals surface area (Å²) in [4.78, 5) is 28.6. The van der Waals surface area contributed by atoms with E-state index >= 15 is 0 Å². The van der Waals surface area contributed by atoms with E-state index in [1.807, 2.05) is 23.1 Å². The first-order valence-electron chi connectivity index (χ1n) is 9.12. The third-order valence-corrected chi connectivity index (χ3v) is 4.93. The van der Waals surface area contributed by atoms with Gasteiger partial charge in [0.15, 0.2) is 0 Å². The minimum absolute atomic E-state index is 0.00171. The van der Waals surface area contributed by atoms with Crippen molar-refractivity contribution in [2.45, 2.75) is 12.8 Å². The van der Waals surface area contributed by atoms with Crippen molar-refractivity contribution in [3.05, 3.63) is 35.9 Å². The Morgan fingerprint density at radius 3 is 2.68 bits per heavy atom. The summed E-state index contributed by atoms with van der Waals surface area (Å²) < 4.78 is 5.34. The van der Waals surface area contributed by atoms with Crippen LogP contribution in [-0.2, 0) is 20.7 Å². The Bertz CT molecular complexity index is 573. The Kier molecular flexibility index (Phi) is 6.42. The van der Waals surface area contributed by atoms with E-state index in [1.54, 1.807) is 0 Å². The Morgan fingerprint density at radius 2 is 1.92 bits per heavy atom. The van der Waals surface area contributed by atoms with Gasteiger partial charge >= 0.3 is 0 Å². The Hall–Kier alpha value is -1.92. The van der Waals surface area contributed by atoms with E-state index in [2.05, 4.69) is 22.3 Å². The second-order valence-electron chi connectivity index (χ2n) is 6.72. The van der Waals surface area contributed by atoms with Crippen LogP contribution in [0.1, 0.15) is 12.0 Å². The number of hydrogen-bond donors (Lipinski definition) is 1. The van der Waals surface area contributed by atoms with Gasteiger partial charge in [-0.25, -0.2) is 0 Å². The highest BCUT2D eigenvalue weighted by molar-refractivity contribution is 5.89. The van der Waals surface area contributed by atoms with Gasteiger partial charge in [0, 0.05) is 45.7 Å². The van der Waals surface area contributed by atoms with E-state index in [0.29, 0.717) is 26.1 Å². The van der Waals surface area contributed by atoms with Crippen LogP contribution in [0.15, 0.2) is 30.3 Å². The lowest BCUT2D eigenvalue weighted by molar-refractivity contribution is -0.129. The summed E-state index contributed by atoms with van der Waals surface area (Å²) >= 11 is 0. The summed E-state index contributed by atoms with van der Waals surface area (Å²) in [6, 6.07) is 10.1. The van der Waals surface area contributed by atoms with Crippen LogP contribution in [0.5, 0.6) is 0 Å². The predicted octanol–water partition coefficient (Wildman–Crippen LogP) is 0.526. The molecule has 2 saturated heterocycles. The summed E-state index contributed by atoms with van der Waals surface area (Å²) in [6.07, 6.45) is 1.15. The fourth-order valence-corrected chi connectivity index (χ4v) is 3.37. The minimum Gasteiger partial charge on any atom is -0.379 e. The van der Waals surface area contributed by atoms with E-state index in [4.69, 9.17) is 4.74 Å². The Morgan fingerprint density at radius 1 is 1.16 bits per heavy atom. The first-order valence-corrected chi connectivity index (χ1v) is 9.12. The first-order chi connectivity index (χ1) is 12.2. The molecule has 0 aromatic heterocycles. The fourth-order valence-electron chi connectivity index (χ4n) is 3.37. The van der Waals surface area contributed by atoms with Crippen molar-refractivity contribution < 1.29 is 14.3 Å². The maximum Gasteiger partial charge on any atom is 0.225 e. The van der Waals surface area contributed by atoms with E-state index in [0.717, 1.165) is 39.3 Å². The number of likely N-dealkylation sites (tertiary alicyclic amines) is 1. The van der Waals surface area contributed by atoms with Gasteiger partial charge in [-0.05, 0) is 12.0 Å². The molecule has 2 aliphatic heterocycles. The third kappa shape index (κ3) is 5.28. The molecule has 2 heterocycles. The molecule has 3 rings (SSSR count). The number of carbonyl (C=O) groups is 2. The smallest absolute Gasteiger partial charge is 0.225 e. The van der Waals surface area contributed by atoms with Crippen LogP contribution in [0.4, 0.5) is 0 Å². The van der Waals surface area contributed by atoms with Gasteiger partial charge in [-0.1, -0.05) is 30.3 Å². The van der Waals surface area contributed by atoms with Crippen molar-refractivity contribution >= 4 is 11.8 Å². The zero-order valence-corrected chi connectivity index (χ0v) is 14.7. The number of rotatable bonds is 7. The molecule has 0 spiro atoms. The number of nitrogens with one attached hydrogen (secondary N) is 1. The summed E-state index contributed by atoms with van der Waals surface area (Å²) in [6.45, 7) is 6.09. The molecule has 1 unspecified atom stereocenters. The maximum absolute atomic E-state index is 12.3. The molecule has 0 radical (unpaired) electrons. The lowest BCUT2D eigenvalue weighted by Crippen LogP contribution is -2.42. The molecule has 25 heavy (non-hydrogen) atoms. The molecule has 1 aromatic rings.